The molecule has 1 aliphatic carbocycles. The van der Waals surface area contributed by atoms with Crippen molar-refractivity contribution in [3.63, 3.8) is 0 Å². The van der Waals surface area contributed by atoms with Crippen molar-refractivity contribution < 1.29 is 0 Å². The first-order valence-corrected chi connectivity index (χ1v) is 7.07. The lowest BCUT2D eigenvalue weighted by atomic mass is 10.00. The smallest absolute Gasteiger partial charge is 0.0118 e. The van der Waals surface area contributed by atoms with Crippen LogP contribution in [0.15, 0.2) is 0 Å². The second kappa shape index (κ2) is 4.67. The first-order valence-electron chi connectivity index (χ1n) is 6.09. The molecule has 0 N–H and O–H groups in total. The maximum atomic E-state index is 2.53. The van der Waals surface area contributed by atoms with Gasteiger partial charge in [-0.3, -0.25) is 0 Å². The van der Waals surface area contributed by atoms with Gasteiger partial charge < -0.3 is 4.90 Å². The molecule has 1 rings (SSSR count). The summed E-state index contributed by atoms with van der Waals surface area (Å²) in [5, 5.41) is 0. The van der Waals surface area contributed by atoms with E-state index in [1.807, 2.05) is 0 Å². The molecule has 0 unspecified atom stereocenters. The molecule has 0 aromatic heterocycles. The van der Waals surface area contributed by atoms with E-state index in [0.29, 0.717) is 10.2 Å². The van der Waals surface area contributed by atoms with E-state index in [2.05, 4.69) is 58.3 Å². The molecule has 0 saturated heterocycles. The number of rotatable bonds is 5. The fraction of sp³-hybridized carbons (Fsp3) is 1.00. The molecule has 0 bridgehead atoms. The van der Waals surface area contributed by atoms with Crippen LogP contribution in [0.5, 0.6) is 0 Å². The van der Waals surface area contributed by atoms with Crippen LogP contribution < -0.4 is 0 Å². The third-order valence-corrected chi connectivity index (χ3v) is 4.94. The van der Waals surface area contributed by atoms with Gasteiger partial charge in [0.05, 0.1) is 0 Å². The van der Waals surface area contributed by atoms with Crippen LogP contribution in [0.2, 0.25) is 0 Å². The SMILES string of the molecule is C[C@@H](N(C)CCSC(C)(C)C)C1(C)CC1. The van der Waals surface area contributed by atoms with Gasteiger partial charge in [0.15, 0.2) is 0 Å². The molecule has 1 aliphatic rings. The van der Waals surface area contributed by atoms with Gasteiger partial charge in [0.2, 0.25) is 0 Å². The molecule has 0 amide bonds. The lowest BCUT2D eigenvalue weighted by molar-refractivity contribution is 0.196. The van der Waals surface area contributed by atoms with E-state index in [4.69, 9.17) is 0 Å². The number of thioether (sulfide) groups is 1. The summed E-state index contributed by atoms with van der Waals surface area (Å²) >= 11 is 2.07. The second-order valence-corrected chi connectivity index (χ2v) is 8.19. The Morgan fingerprint density at radius 3 is 2.27 bits per heavy atom. The molecule has 1 nitrogen and oxygen atoms in total. The van der Waals surface area contributed by atoms with Gasteiger partial charge in [-0.05, 0) is 32.2 Å². The Morgan fingerprint density at radius 2 is 1.87 bits per heavy atom. The van der Waals surface area contributed by atoms with Crippen LogP contribution >= 0.6 is 11.8 Å². The molecular formula is C13H27NS. The minimum Gasteiger partial charge on any atom is -0.302 e. The van der Waals surface area contributed by atoms with Crippen LogP contribution in [-0.4, -0.2) is 35.0 Å². The van der Waals surface area contributed by atoms with Crippen molar-refractivity contribution >= 4 is 11.8 Å². The lowest BCUT2D eigenvalue weighted by Crippen LogP contribution is -2.37. The van der Waals surface area contributed by atoms with Crippen LogP contribution in [0.1, 0.15) is 47.5 Å². The lowest BCUT2D eigenvalue weighted by Gasteiger charge is -2.30. The van der Waals surface area contributed by atoms with Crippen molar-refractivity contribution in [3.05, 3.63) is 0 Å². The van der Waals surface area contributed by atoms with Crippen molar-refractivity contribution in [2.24, 2.45) is 5.41 Å². The maximum absolute atomic E-state index is 2.53. The molecule has 0 aromatic rings. The number of nitrogens with zero attached hydrogens (tertiary/aromatic N) is 1. The first kappa shape index (κ1) is 13.4. The monoisotopic (exact) mass is 229 g/mol. The second-order valence-electron chi connectivity index (χ2n) is 6.27. The summed E-state index contributed by atoms with van der Waals surface area (Å²) < 4.78 is 0.410. The van der Waals surface area contributed by atoms with Gasteiger partial charge in [0.25, 0.3) is 0 Å². The van der Waals surface area contributed by atoms with E-state index in [1.54, 1.807) is 0 Å². The van der Waals surface area contributed by atoms with Gasteiger partial charge in [0, 0.05) is 23.1 Å². The average Bonchev–Trinajstić information content (AvgIpc) is 2.81. The van der Waals surface area contributed by atoms with Crippen LogP contribution in [0.3, 0.4) is 0 Å². The number of hydrogen-bond acceptors (Lipinski definition) is 2. The average molecular weight is 229 g/mol. The zero-order valence-electron chi connectivity index (χ0n) is 11.3. The van der Waals surface area contributed by atoms with E-state index in [0.717, 1.165) is 6.04 Å². The van der Waals surface area contributed by atoms with Gasteiger partial charge >= 0.3 is 0 Å². The summed E-state index contributed by atoms with van der Waals surface area (Å²) in [6, 6.07) is 0.748. The predicted molar refractivity (Wildman–Crippen MR) is 71.6 cm³/mol. The Bertz CT molecular complexity index is 203. The normalized spacial score (nSPS) is 21.8. The van der Waals surface area contributed by atoms with E-state index < -0.39 is 0 Å². The Morgan fingerprint density at radius 1 is 1.33 bits per heavy atom. The van der Waals surface area contributed by atoms with E-state index in [-0.39, 0.29) is 0 Å². The van der Waals surface area contributed by atoms with Gasteiger partial charge in [-0.2, -0.15) is 11.8 Å². The highest BCUT2D eigenvalue weighted by atomic mass is 32.2. The molecule has 0 aromatic carbocycles. The van der Waals surface area contributed by atoms with Crippen molar-refractivity contribution in [2.75, 3.05) is 19.3 Å². The summed E-state index contributed by atoms with van der Waals surface area (Å²) in [7, 11) is 2.28. The molecule has 0 heterocycles. The fourth-order valence-electron chi connectivity index (χ4n) is 1.84. The van der Waals surface area contributed by atoms with Crippen molar-refractivity contribution in [1.82, 2.24) is 4.90 Å². The highest BCUT2D eigenvalue weighted by Gasteiger charge is 2.43. The van der Waals surface area contributed by atoms with Gasteiger partial charge in [-0.15, -0.1) is 0 Å². The van der Waals surface area contributed by atoms with Crippen LogP contribution in [0.25, 0.3) is 0 Å². The Kier molecular flexibility index (Phi) is 4.16. The molecule has 0 aliphatic heterocycles. The zero-order valence-corrected chi connectivity index (χ0v) is 12.1. The van der Waals surface area contributed by atoms with Crippen molar-refractivity contribution in [3.8, 4) is 0 Å². The predicted octanol–water partition coefficient (Wildman–Crippen LogP) is 3.64. The molecule has 1 atom stereocenters. The van der Waals surface area contributed by atoms with E-state index in [9.17, 15) is 0 Å². The van der Waals surface area contributed by atoms with E-state index in [1.165, 1.54) is 25.1 Å². The van der Waals surface area contributed by atoms with Crippen molar-refractivity contribution in [1.29, 1.82) is 0 Å². The summed E-state index contributed by atoms with van der Waals surface area (Å²) in [5.74, 6) is 1.25. The minimum absolute atomic E-state index is 0.410. The molecule has 90 valence electrons. The maximum Gasteiger partial charge on any atom is 0.0118 e. The zero-order chi connectivity index (χ0) is 11.7. The molecule has 0 radical (unpaired) electrons. The molecule has 1 fully saturated rings. The van der Waals surface area contributed by atoms with Crippen LogP contribution in [-0.2, 0) is 0 Å². The van der Waals surface area contributed by atoms with Crippen LogP contribution in [0, 0.1) is 5.41 Å². The van der Waals surface area contributed by atoms with Crippen LogP contribution in [0.4, 0.5) is 0 Å². The summed E-state index contributed by atoms with van der Waals surface area (Å²) in [5.41, 5.74) is 0.626. The van der Waals surface area contributed by atoms with E-state index >= 15 is 0 Å². The van der Waals surface area contributed by atoms with Gasteiger partial charge in [-0.25, -0.2) is 0 Å². The minimum atomic E-state index is 0.410. The highest BCUT2D eigenvalue weighted by Crippen LogP contribution is 2.49. The fourth-order valence-corrected chi connectivity index (χ4v) is 2.83. The highest BCUT2D eigenvalue weighted by molar-refractivity contribution is 8.00. The Balaban J connectivity index is 2.21. The molecule has 1 saturated carbocycles. The molecule has 0 spiro atoms. The van der Waals surface area contributed by atoms with Gasteiger partial charge in [-0.1, -0.05) is 27.7 Å². The molecule has 15 heavy (non-hydrogen) atoms. The standard InChI is InChI=1S/C13H27NS/c1-11(13(5)7-8-13)14(6)9-10-15-12(2,3)4/h11H,7-10H2,1-6H3/t11-/m1/s1. The summed E-state index contributed by atoms with van der Waals surface area (Å²) in [4.78, 5) is 2.53. The topological polar surface area (TPSA) is 3.24 Å². The molecular weight excluding hydrogens is 202 g/mol. The molecule has 2 heteroatoms. The summed E-state index contributed by atoms with van der Waals surface area (Å²) in [6.07, 6.45) is 2.84. The Labute approximate surface area is 100.0 Å². The first-order chi connectivity index (χ1) is 6.75. The third-order valence-electron chi connectivity index (χ3n) is 3.69. The van der Waals surface area contributed by atoms with Gasteiger partial charge in [0.1, 0.15) is 0 Å². The quantitative estimate of drug-likeness (QED) is 0.708. The summed E-state index contributed by atoms with van der Waals surface area (Å²) in [6.45, 7) is 12.9. The third kappa shape index (κ3) is 4.36. The van der Waals surface area contributed by atoms with Crippen molar-refractivity contribution in [2.45, 2.75) is 58.2 Å². The largest absolute Gasteiger partial charge is 0.302 e. The number of hydrogen-bond donors (Lipinski definition) is 0. The Hall–Kier alpha value is 0.310.